The SMILES string of the molecule is Cc1ccc(C(=O)N(CCCN)C2CCC2)c(C)n1. The van der Waals surface area contributed by atoms with Crippen LogP contribution in [-0.4, -0.2) is 34.9 Å². The van der Waals surface area contributed by atoms with E-state index in [1.165, 1.54) is 6.42 Å². The summed E-state index contributed by atoms with van der Waals surface area (Å²) in [6.07, 6.45) is 4.33. The summed E-state index contributed by atoms with van der Waals surface area (Å²) in [5, 5.41) is 0. The number of nitrogens with zero attached hydrogens (tertiary/aromatic N) is 2. The van der Waals surface area contributed by atoms with Gasteiger partial charge in [0, 0.05) is 18.3 Å². The molecule has 1 aliphatic carbocycles. The zero-order valence-electron chi connectivity index (χ0n) is 11.9. The second-order valence-electron chi connectivity index (χ2n) is 5.31. The number of amides is 1. The normalized spacial score (nSPS) is 15.1. The monoisotopic (exact) mass is 261 g/mol. The summed E-state index contributed by atoms with van der Waals surface area (Å²) >= 11 is 0. The largest absolute Gasteiger partial charge is 0.336 e. The van der Waals surface area contributed by atoms with Crippen LogP contribution in [0.25, 0.3) is 0 Å². The van der Waals surface area contributed by atoms with Gasteiger partial charge < -0.3 is 10.6 Å². The van der Waals surface area contributed by atoms with Gasteiger partial charge in [0.25, 0.3) is 5.91 Å². The number of hydrogen-bond acceptors (Lipinski definition) is 3. The van der Waals surface area contributed by atoms with E-state index in [-0.39, 0.29) is 5.91 Å². The highest BCUT2D eigenvalue weighted by Crippen LogP contribution is 2.26. The van der Waals surface area contributed by atoms with Crippen LogP contribution in [-0.2, 0) is 0 Å². The van der Waals surface area contributed by atoms with Crippen molar-refractivity contribution in [2.24, 2.45) is 5.73 Å². The first-order valence-electron chi connectivity index (χ1n) is 7.08. The Morgan fingerprint density at radius 2 is 2.16 bits per heavy atom. The van der Waals surface area contributed by atoms with Crippen LogP contribution in [0.3, 0.4) is 0 Å². The molecule has 0 spiro atoms. The van der Waals surface area contributed by atoms with E-state index in [9.17, 15) is 4.79 Å². The summed E-state index contributed by atoms with van der Waals surface area (Å²) < 4.78 is 0. The molecule has 1 amide bonds. The summed E-state index contributed by atoms with van der Waals surface area (Å²) in [5.74, 6) is 0.114. The highest BCUT2D eigenvalue weighted by atomic mass is 16.2. The Morgan fingerprint density at radius 3 is 2.68 bits per heavy atom. The molecule has 104 valence electrons. The topological polar surface area (TPSA) is 59.2 Å². The fourth-order valence-corrected chi connectivity index (χ4v) is 2.48. The third-order valence-corrected chi connectivity index (χ3v) is 3.83. The molecule has 0 aromatic carbocycles. The van der Waals surface area contributed by atoms with Gasteiger partial charge in [0.1, 0.15) is 0 Å². The van der Waals surface area contributed by atoms with Crippen LogP contribution >= 0.6 is 0 Å². The van der Waals surface area contributed by atoms with E-state index in [0.717, 1.165) is 42.8 Å². The molecule has 1 aliphatic rings. The minimum Gasteiger partial charge on any atom is -0.336 e. The number of aromatic nitrogens is 1. The maximum atomic E-state index is 12.7. The summed E-state index contributed by atoms with van der Waals surface area (Å²) in [6, 6.07) is 4.20. The first-order valence-corrected chi connectivity index (χ1v) is 7.08. The van der Waals surface area contributed by atoms with Crippen LogP contribution in [0.15, 0.2) is 12.1 Å². The Bertz CT molecular complexity index is 455. The van der Waals surface area contributed by atoms with Crippen LogP contribution in [0.5, 0.6) is 0 Å². The molecular formula is C15H23N3O. The smallest absolute Gasteiger partial charge is 0.255 e. The second kappa shape index (κ2) is 6.15. The van der Waals surface area contributed by atoms with E-state index in [2.05, 4.69) is 4.98 Å². The molecule has 0 radical (unpaired) electrons. The van der Waals surface area contributed by atoms with Crippen molar-refractivity contribution in [2.75, 3.05) is 13.1 Å². The molecule has 4 heteroatoms. The molecular weight excluding hydrogens is 238 g/mol. The summed E-state index contributed by atoms with van der Waals surface area (Å²) in [4.78, 5) is 19.0. The lowest BCUT2D eigenvalue weighted by molar-refractivity contribution is 0.0577. The summed E-state index contributed by atoms with van der Waals surface area (Å²) in [6.45, 7) is 5.23. The molecule has 1 fully saturated rings. The van der Waals surface area contributed by atoms with Gasteiger partial charge in [-0.25, -0.2) is 0 Å². The number of carbonyl (C=O) groups excluding carboxylic acids is 1. The molecule has 0 aliphatic heterocycles. The van der Waals surface area contributed by atoms with Gasteiger partial charge in [0.2, 0.25) is 0 Å². The Labute approximate surface area is 115 Å². The minimum absolute atomic E-state index is 0.114. The number of nitrogens with two attached hydrogens (primary N) is 1. The standard InChI is InChI=1S/C15H23N3O/c1-11-7-8-14(12(2)17-11)15(19)18(10-4-9-16)13-5-3-6-13/h7-8,13H,3-6,9-10,16H2,1-2H3. The number of rotatable bonds is 5. The first-order chi connectivity index (χ1) is 9.13. The lowest BCUT2D eigenvalue weighted by atomic mass is 9.90. The molecule has 2 rings (SSSR count). The minimum atomic E-state index is 0.114. The van der Waals surface area contributed by atoms with Crippen molar-refractivity contribution in [1.82, 2.24) is 9.88 Å². The zero-order chi connectivity index (χ0) is 13.8. The van der Waals surface area contributed by atoms with E-state index in [1.54, 1.807) is 0 Å². The Hall–Kier alpha value is -1.42. The van der Waals surface area contributed by atoms with Gasteiger partial charge in [-0.3, -0.25) is 9.78 Å². The van der Waals surface area contributed by atoms with Crippen molar-refractivity contribution in [3.8, 4) is 0 Å². The second-order valence-corrected chi connectivity index (χ2v) is 5.31. The fraction of sp³-hybridized carbons (Fsp3) is 0.600. The van der Waals surface area contributed by atoms with Crippen molar-refractivity contribution in [3.05, 3.63) is 29.1 Å². The van der Waals surface area contributed by atoms with Crippen molar-refractivity contribution >= 4 is 5.91 Å². The lowest BCUT2D eigenvalue weighted by Crippen LogP contribution is -2.45. The number of carbonyl (C=O) groups is 1. The van der Waals surface area contributed by atoms with Gasteiger partial charge in [-0.15, -0.1) is 0 Å². The first kappa shape index (κ1) is 14.0. The van der Waals surface area contributed by atoms with Crippen molar-refractivity contribution < 1.29 is 4.79 Å². The van der Waals surface area contributed by atoms with E-state index >= 15 is 0 Å². The van der Waals surface area contributed by atoms with Crippen molar-refractivity contribution in [3.63, 3.8) is 0 Å². The molecule has 0 unspecified atom stereocenters. The third kappa shape index (κ3) is 3.13. The summed E-state index contributed by atoms with van der Waals surface area (Å²) in [7, 11) is 0. The van der Waals surface area contributed by atoms with Crippen molar-refractivity contribution in [1.29, 1.82) is 0 Å². The predicted molar refractivity (Wildman–Crippen MR) is 76.1 cm³/mol. The van der Waals surface area contributed by atoms with Crippen molar-refractivity contribution in [2.45, 2.75) is 45.6 Å². The molecule has 4 nitrogen and oxygen atoms in total. The molecule has 0 saturated heterocycles. The maximum Gasteiger partial charge on any atom is 0.255 e. The molecule has 2 N–H and O–H groups in total. The average Bonchev–Trinajstić information content (AvgIpc) is 2.31. The van der Waals surface area contributed by atoms with E-state index in [1.807, 2.05) is 30.9 Å². The number of hydrogen-bond donors (Lipinski definition) is 1. The van der Waals surface area contributed by atoms with Crippen LogP contribution in [0, 0.1) is 13.8 Å². The zero-order valence-corrected chi connectivity index (χ0v) is 11.9. The summed E-state index contributed by atoms with van der Waals surface area (Å²) in [5.41, 5.74) is 8.08. The number of aryl methyl sites for hydroxylation is 2. The number of pyridine rings is 1. The molecule has 1 aromatic rings. The lowest BCUT2D eigenvalue weighted by Gasteiger charge is -2.38. The van der Waals surface area contributed by atoms with Gasteiger partial charge in [0.05, 0.1) is 11.3 Å². The molecule has 19 heavy (non-hydrogen) atoms. The molecule has 1 aromatic heterocycles. The average molecular weight is 261 g/mol. The van der Waals surface area contributed by atoms with Gasteiger partial charge >= 0.3 is 0 Å². The Kier molecular flexibility index (Phi) is 4.53. The Balaban J connectivity index is 2.17. The van der Waals surface area contributed by atoms with Gasteiger partial charge in [-0.05, 0) is 58.2 Å². The van der Waals surface area contributed by atoms with E-state index < -0.39 is 0 Å². The Morgan fingerprint density at radius 1 is 1.42 bits per heavy atom. The van der Waals surface area contributed by atoms with Crippen LogP contribution in [0.2, 0.25) is 0 Å². The van der Waals surface area contributed by atoms with Crippen LogP contribution in [0.4, 0.5) is 0 Å². The van der Waals surface area contributed by atoms with Gasteiger partial charge in [-0.1, -0.05) is 0 Å². The highest BCUT2D eigenvalue weighted by molar-refractivity contribution is 5.95. The highest BCUT2D eigenvalue weighted by Gasteiger charge is 2.29. The van der Waals surface area contributed by atoms with Gasteiger partial charge in [0.15, 0.2) is 0 Å². The quantitative estimate of drug-likeness (QED) is 0.882. The fourth-order valence-electron chi connectivity index (χ4n) is 2.48. The predicted octanol–water partition coefficient (Wildman–Crippen LogP) is 2.04. The molecule has 0 atom stereocenters. The van der Waals surface area contributed by atoms with Crippen LogP contribution < -0.4 is 5.73 Å². The van der Waals surface area contributed by atoms with Crippen LogP contribution in [0.1, 0.15) is 47.4 Å². The maximum absolute atomic E-state index is 12.7. The van der Waals surface area contributed by atoms with E-state index in [0.29, 0.717) is 12.6 Å². The van der Waals surface area contributed by atoms with Gasteiger partial charge in [-0.2, -0.15) is 0 Å². The third-order valence-electron chi connectivity index (χ3n) is 3.83. The molecule has 1 heterocycles. The van der Waals surface area contributed by atoms with E-state index in [4.69, 9.17) is 5.73 Å². The molecule has 0 bridgehead atoms. The molecule has 1 saturated carbocycles.